The second kappa shape index (κ2) is 6.67. The standard InChI is InChI=1S/C15H28N2S/c1-6-7-8-11(2)12(16)9-14-17-13(10-18-14)15(3,4)5/h10-12H,6-9,16H2,1-5H3. The van der Waals surface area contributed by atoms with Crippen LogP contribution in [0.1, 0.15) is 64.6 Å². The number of rotatable bonds is 6. The molecule has 0 fully saturated rings. The van der Waals surface area contributed by atoms with E-state index in [9.17, 15) is 0 Å². The molecule has 1 heterocycles. The number of nitrogens with two attached hydrogens (primary N) is 1. The van der Waals surface area contributed by atoms with Crippen LogP contribution in [0.4, 0.5) is 0 Å². The van der Waals surface area contributed by atoms with Gasteiger partial charge in [-0.25, -0.2) is 4.98 Å². The van der Waals surface area contributed by atoms with Crippen LogP contribution in [0, 0.1) is 5.92 Å². The number of hydrogen-bond acceptors (Lipinski definition) is 3. The Morgan fingerprint density at radius 1 is 1.39 bits per heavy atom. The maximum absolute atomic E-state index is 6.27. The zero-order chi connectivity index (χ0) is 13.8. The fraction of sp³-hybridized carbons (Fsp3) is 0.800. The first kappa shape index (κ1) is 15.6. The van der Waals surface area contributed by atoms with Gasteiger partial charge in [-0.05, 0) is 12.3 Å². The van der Waals surface area contributed by atoms with Crippen LogP contribution >= 0.6 is 11.3 Å². The molecule has 2 atom stereocenters. The summed E-state index contributed by atoms with van der Waals surface area (Å²) in [5.41, 5.74) is 7.61. The lowest BCUT2D eigenvalue weighted by atomic mass is 9.93. The van der Waals surface area contributed by atoms with E-state index in [4.69, 9.17) is 10.7 Å². The Morgan fingerprint density at radius 3 is 2.56 bits per heavy atom. The maximum Gasteiger partial charge on any atom is 0.0944 e. The maximum atomic E-state index is 6.27. The Bertz CT molecular complexity index is 352. The predicted octanol–water partition coefficient (Wildman–Crippen LogP) is 4.14. The summed E-state index contributed by atoms with van der Waals surface area (Å²) in [6, 6.07) is 0.246. The van der Waals surface area contributed by atoms with Crippen molar-refractivity contribution >= 4 is 11.3 Å². The van der Waals surface area contributed by atoms with Crippen molar-refractivity contribution < 1.29 is 0 Å². The minimum absolute atomic E-state index is 0.146. The van der Waals surface area contributed by atoms with Crippen molar-refractivity contribution in [1.82, 2.24) is 4.98 Å². The number of thiazole rings is 1. The van der Waals surface area contributed by atoms with Gasteiger partial charge < -0.3 is 5.73 Å². The predicted molar refractivity (Wildman–Crippen MR) is 81.2 cm³/mol. The summed E-state index contributed by atoms with van der Waals surface area (Å²) >= 11 is 1.75. The largest absolute Gasteiger partial charge is 0.327 e. The first-order chi connectivity index (χ1) is 8.34. The van der Waals surface area contributed by atoms with Gasteiger partial charge in [-0.15, -0.1) is 11.3 Å². The Labute approximate surface area is 116 Å². The van der Waals surface area contributed by atoms with Crippen LogP contribution in [0.3, 0.4) is 0 Å². The lowest BCUT2D eigenvalue weighted by molar-refractivity contribution is 0.410. The third-order valence-corrected chi connectivity index (χ3v) is 4.35. The van der Waals surface area contributed by atoms with Gasteiger partial charge in [-0.3, -0.25) is 0 Å². The fourth-order valence-electron chi connectivity index (χ4n) is 1.89. The Morgan fingerprint density at radius 2 is 2.06 bits per heavy atom. The summed E-state index contributed by atoms with van der Waals surface area (Å²) in [6.07, 6.45) is 4.68. The van der Waals surface area contributed by atoms with Crippen molar-refractivity contribution in [3.05, 3.63) is 16.1 Å². The molecule has 0 bridgehead atoms. The van der Waals surface area contributed by atoms with E-state index in [-0.39, 0.29) is 11.5 Å². The highest BCUT2D eigenvalue weighted by Gasteiger charge is 2.19. The van der Waals surface area contributed by atoms with Crippen LogP contribution in [0.15, 0.2) is 5.38 Å². The molecule has 0 saturated carbocycles. The van der Waals surface area contributed by atoms with E-state index >= 15 is 0 Å². The van der Waals surface area contributed by atoms with Crippen molar-refractivity contribution in [2.75, 3.05) is 0 Å². The summed E-state index contributed by atoms with van der Waals surface area (Å²) in [7, 11) is 0. The third kappa shape index (κ3) is 4.69. The first-order valence-electron chi connectivity index (χ1n) is 7.05. The molecule has 0 aromatic carbocycles. The molecule has 2 nitrogen and oxygen atoms in total. The van der Waals surface area contributed by atoms with Crippen LogP contribution in [0.5, 0.6) is 0 Å². The molecule has 2 unspecified atom stereocenters. The van der Waals surface area contributed by atoms with Gasteiger partial charge in [0.2, 0.25) is 0 Å². The highest BCUT2D eigenvalue weighted by molar-refractivity contribution is 7.09. The minimum atomic E-state index is 0.146. The normalized spacial score (nSPS) is 15.7. The van der Waals surface area contributed by atoms with Crippen molar-refractivity contribution in [2.24, 2.45) is 11.7 Å². The molecule has 0 spiro atoms. The topological polar surface area (TPSA) is 38.9 Å². The van der Waals surface area contributed by atoms with E-state index in [1.165, 1.54) is 30.0 Å². The quantitative estimate of drug-likeness (QED) is 0.842. The van der Waals surface area contributed by atoms with Crippen molar-refractivity contribution in [1.29, 1.82) is 0 Å². The summed E-state index contributed by atoms with van der Waals surface area (Å²) in [5, 5.41) is 3.37. The fourth-order valence-corrected chi connectivity index (χ4v) is 2.99. The molecule has 0 aliphatic rings. The van der Waals surface area contributed by atoms with Gasteiger partial charge in [0.25, 0.3) is 0 Å². The van der Waals surface area contributed by atoms with Crippen molar-refractivity contribution in [3.63, 3.8) is 0 Å². The highest BCUT2D eigenvalue weighted by atomic mass is 32.1. The molecule has 0 saturated heterocycles. The average molecular weight is 268 g/mol. The Hall–Kier alpha value is -0.410. The van der Waals surface area contributed by atoms with E-state index in [1.54, 1.807) is 11.3 Å². The van der Waals surface area contributed by atoms with Gasteiger partial charge in [-0.1, -0.05) is 47.5 Å². The monoisotopic (exact) mass is 268 g/mol. The molecule has 0 aliphatic carbocycles. The third-order valence-electron chi connectivity index (χ3n) is 3.47. The molecule has 0 amide bonds. The van der Waals surface area contributed by atoms with Crippen LogP contribution in [-0.2, 0) is 11.8 Å². The van der Waals surface area contributed by atoms with Gasteiger partial charge in [0, 0.05) is 23.3 Å². The highest BCUT2D eigenvalue weighted by Crippen LogP contribution is 2.25. The van der Waals surface area contributed by atoms with Gasteiger partial charge in [0.1, 0.15) is 0 Å². The zero-order valence-corrected chi connectivity index (χ0v) is 13.3. The van der Waals surface area contributed by atoms with Gasteiger partial charge in [0.15, 0.2) is 0 Å². The lowest BCUT2D eigenvalue weighted by Gasteiger charge is -2.18. The molecule has 3 heteroatoms. The summed E-state index contributed by atoms with van der Waals surface area (Å²) in [5.74, 6) is 0.590. The second-order valence-electron chi connectivity index (χ2n) is 6.36. The SMILES string of the molecule is CCCCC(C)C(N)Cc1nc(C(C)(C)C)cs1. The average Bonchev–Trinajstić information content (AvgIpc) is 2.73. The summed E-state index contributed by atoms with van der Waals surface area (Å²) in [6.45, 7) is 11.1. The molecule has 2 N–H and O–H groups in total. The van der Waals surface area contributed by atoms with Gasteiger partial charge >= 0.3 is 0 Å². The molecular weight excluding hydrogens is 240 g/mol. The van der Waals surface area contributed by atoms with Gasteiger partial charge in [0.05, 0.1) is 10.7 Å². The molecule has 1 rings (SSSR count). The number of unbranched alkanes of at least 4 members (excludes halogenated alkanes) is 1. The van der Waals surface area contributed by atoms with Crippen LogP contribution in [0.25, 0.3) is 0 Å². The number of hydrogen-bond donors (Lipinski definition) is 1. The van der Waals surface area contributed by atoms with E-state index in [0.29, 0.717) is 5.92 Å². The van der Waals surface area contributed by atoms with E-state index in [1.807, 2.05) is 0 Å². The van der Waals surface area contributed by atoms with Crippen molar-refractivity contribution in [2.45, 2.75) is 71.8 Å². The minimum Gasteiger partial charge on any atom is -0.327 e. The van der Waals surface area contributed by atoms with Crippen molar-refractivity contribution in [3.8, 4) is 0 Å². The molecule has 0 aliphatic heterocycles. The lowest BCUT2D eigenvalue weighted by Crippen LogP contribution is -2.30. The summed E-state index contributed by atoms with van der Waals surface area (Å²) < 4.78 is 0. The molecular formula is C15H28N2S. The molecule has 18 heavy (non-hydrogen) atoms. The second-order valence-corrected chi connectivity index (χ2v) is 7.31. The molecule has 1 aromatic rings. The Kier molecular flexibility index (Phi) is 5.80. The van der Waals surface area contributed by atoms with Crippen LogP contribution in [0.2, 0.25) is 0 Å². The van der Waals surface area contributed by atoms with E-state index in [0.717, 1.165) is 6.42 Å². The number of nitrogens with zero attached hydrogens (tertiary/aromatic N) is 1. The first-order valence-corrected chi connectivity index (χ1v) is 7.93. The van der Waals surface area contributed by atoms with Crippen LogP contribution in [-0.4, -0.2) is 11.0 Å². The van der Waals surface area contributed by atoms with E-state index in [2.05, 4.69) is 40.0 Å². The smallest absolute Gasteiger partial charge is 0.0944 e. The molecule has 104 valence electrons. The Balaban J connectivity index is 2.54. The van der Waals surface area contributed by atoms with E-state index < -0.39 is 0 Å². The summed E-state index contributed by atoms with van der Waals surface area (Å²) in [4.78, 5) is 4.72. The zero-order valence-electron chi connectivity index (χ0n) is 12.5. The molecule has 1 aromatic heterocycles. The van der Waals surface area contributed by atoms with Gasteiger partial charge in [-0.2, -0.15) is 0 Å². The van der Waals surface area contributed by atoms with Crippen LogP contribution < -0.4 is 5.73 Å². The molecule has 0 radical (unpaired) electrons. The number of aromatic nitrogens is 1.